The van der Waals surface area contributed by atoms with Crippen molar-refractivity contribution in [3.05, 3.63) is 70.5 Å². The molecule has 8 heteroatoms. The third-order valence-corrected chi connectivity index (χ3v) is 8.43. The molecular weight excluding hydrogens is 503 g/mol. The lowest BCUT2D eigenvalue weighted by atomic mass is 9.94. The van der Waals surface area contributed by atoms with Crippen LogP contribution in [0.15, 0.2) is 63.5 Å². The van der Waals surface area contributed by atoms with E-state index >= 15 is 0 Å². The largest absolute Gasteiger partial charge is 0.387 e. The molecule has 2 fully saturated rings. The normalized spacial score (nSPS) is 27.7. The second-order valence-electron chi connectivity index (χ2n) is 11.2. The van der Waals surface area contributed by atoms with Crippen molar-refractivity contribution in [1.29, 1.82) is 0 Å². The van der Waals surface area contributed by atoms with Crippen LogP contribution in [0.2, 0.25) is 0 Å². The van der Waals surface area contributed by atoms with Crippen LogP contribution in [-0.4, -0.2) is 85.0 Å². The Morgan fingerprint density at radius 2 is 1.85 bits per heavy atom. The van der Waals surface area contributed by atoms with Gasteiger partial charge in [-0.2, -0.15) is 0 Å². The molecule has 0 spiro atoms. The van der Waals surface area contributed by atoms with Gasteiger partial charge in [-0.3, -0.25) is 9.79 Å². The highest BCUT2D eigenvalue weighted by atomic mass is 19.1. The molecule has 1 amide bonds. The van der Waals surface area contributed by atoms with Crippen LogP contribution in [0.25, 0.3) is 0 Å². The molecule has 3 aliphatic heterocycles. The summed E-state index contributed by atoms with van der Waals surface area (Å²) in [5.74, 6) is 0.463. The quantitative estimate of drug-likeness (QED) is 0.486. The maximum atomic E-state index is 14.4. The third kappa shape index (κ3) is 6.83. The van der Waals surface area contributed by atoms with Gasteiger partial charge in [0.1, 0.15) is 11.7 Å². The van der Waals surface area contributed by atoms with Crippen molar-refractivity contribution in [2.24, 2.45) is 9.98 Å². The number of aliphatic imine (C=N–C) groups is 2. The summed E-state index contributed by atoms with van der Waals surface area (Å²) in [5, 5.41) is 3.44. The van der Waals surface area contributed by atoms with Gasteiger partial charge in [-0.15, -0.1) is 0 Å². The van der Waals surface area contributed by atoms with Crippen LogP contribution < -0.4 is 5.32 Å². The van der Waals surface area contributed by atoms with Crippen molar-refractivity contribution >= 4 is 17.5 Å². The van der Waals surface area contributed by atoms with Gasteiger partial charge in [0.15, 0.2) is 0 Å². The van der Waals surface area contributed by atoms with E-state index in [0.29, 0.717) is 24.9 Å². The lowest BCUT2D eigenvalue weighted by Gasteiger charge is -2.37. The van der Waals surface area contributed by atoms with Crippen molar-refractivity contribution in [1.82, 2.24) is 20.0 Å². The number of carbonyl (C=O) groups excluding carboxylic acids is 1. The lowest BCUT2D eigenvalue weighted by molar-refractivity contribution is 0.0679. The van der Waals surface area contributed by atoms with Crippen LogP contribution >= 0.6 is 0 Å². The van der Waals surface area contributed by atoms with E-state index in [0.717, 1.165) is 79.5 Å². The molecular formula is C32H45FN6O. The number of halogens is 1. The number of likely N-dealkylation sites (tertiary alicyclic amines) is 1. The second-order valence-corrected chi connectivity index (χ2v) is 11.2. The number of amides is 1. The third-order valence-electron chi connectivity index (χ3n) is 8.43. The van der Waals surface area contributed by atoms with Crippen molar-refractivity contribution in [2.75, 3.05) is 46.8 Å². The summed E-state index contributed by atoms with van der Waals surface area (Å²) in [4.78, 5) is 30.2. The first-order chi connectivity index (χ1) is 19.2. The van der Waals surface area contributed by atoms with Gasteiger partial charge in [0, 0.05) is 75.0 Å². The molecule has 7 nitrogen and oxygen atoms in total. The summed E-state index contributed by atoms with van der Waals surface area (Å²) in [6.45, 7) is 14.7. The SMILES string of the molecule is C=C1CCc2ccc(F)cc2C(=O)N2CCCCC2C(=N/C)/C=C(C)/N=C(N2CCC2)\C(C)=C(/C)N(C)CCN1. The van der Waals surface area contributed by atoms with E-state index in [4.69, 9.17) is 4.99 Å². The first kappa shape index (κ1) is 29.6. The minimum absolute atomic E-state index is 0.135. The smallest absolute Gasteiger partial charge is 0.254 e. The molecule has 0 radical (unpaired) electrons. The maximum absolute atomic E-state index is 14.4. The van der Waals surface area contributed by atoms with E-state index in [2.05, 4.69) is 47.6 Å². The van der Waals surface area contributed by atoms with Crippen molar-refractivity contribution in [3.63, 3.8) is 0 Å². The van der Waals surface area contributed by atoms with Gasteiger partial charge >= 0.3 is 0 Å². The van der Waals surface area contributed by atoms with Gasteiger partial charge < -0.3 is 20.0 Å². The van der Waals surface area contributed by atoms with E-state index in [1.165, 1.54) is 24.3 Å². The number of likely N-dealkylation sites (N-methyl/N-ethyl adjacent to an activating group) is 1. The molecule has 3 aliphatic rings. The van der Waals surface area contributed by atoms with E-state index in [1.54, 1.807) is 13.1 Å². The predicted molar refractivity (Wildman–Crippen MR) is 162 cm³/mol. The fraction of sp³-hybridized carbons (Fsp3) is 0.531. The van der Waals surface area contributed by atoms with Crippen LogP contribution in [0.3, 0.4) is 0 Å². The highest BCUT2D eigenvalue weighted by Gasteiger charge is 2.32. The molecule has 1 unspecified atom stereocenters. The maximum Gasteiger partial charge on any atom is 0.254 e. The Balaban J connectivity index is 1.78. The minimum Gasteiger partial charge on any atom is -0.387 e. The lowest BCUT2D eigenvalue weighted by Crippen LogP contribution is -2.48. The fourth-order valence-electron chi connectivity index (χ4n) is 5.64. The zero-order valence-corrected chi connectivity index (χ0v) is 24.9. The summed E-state index contributed by atoms with van der Waals surface area (Å²) >= 11 is 0. The van der Waals surface area contributed by atoms with E-state index in [1.807, 2.05) is 17.9 Å². The molecule has 2 saturated heterocycles. The number of fused-ring (bicyclic) bond motifs is 2. The Kier molecular flexibility index (Phi) is 9.82. The summed E-state index contributed by atoms with van der Waals surface area (Å²) in [7, 11) is 3.89. The minimum atomic E-state index is -0.398. The molecule has 0 bridgehead atoms. The Hall–Kier alpha value is -3.42. The number of aryl methyl sites for hydroxylation is 1. The van der Waals surface area contributed by atoms with Gasteiger partial charge in [-0.1, -0.05) is 12.6 Å². The first-order valence-electron chi connectivity index (χ1n) is 14.6. The summed E-state index contributed by atoms with van der Waals surface area (Å²) in [5.41, 5.74) is 6.22. The number of nitrogens with zero attached hydrogens (tertiary/aromatic N) is 5. The second kappa shape index (κ2) is 13.3. The fourth-order valence-corrected chi connectivity index (χ4v) is 5.64. The molecule has 3 heterocycles. The van der Waals surface area contributed by atoms with E-state index in [9.17, 15) is 9.18 Å². The Morgan fingerprint density at radius 1 is 1.07 bits per heavy atom. The number of benzene rings is 1. The number of hydrogen-bond acceptors (Lipinski definition) is 6. The van der Waals surface area contributed by atoms with Crippen molar-refractivity contribution < 1.29 is 9.18 Å². The highest BCUT2D eigenvalue weighted by Crippen LogP contribution is 2.26. The molecule has 4 rings (SSSR count). The highest BCUT2D eigenvalue weighted by molar-refractivity contribution is 6.05. The number of rotatable bonds is 0. The Labute approximate surface area is 239 Å². The van der Waals surface area contributed by atoms with Gasteiger partial charge in [0.25, 0.3) is 5.91 Å². The van der Waals surface area contributed by atoms with E-state index < -0.39 is 5.82 Å². The predicted octanol–water partition coefficient (Wildman–Crippen LogP) is 5.17. The number of carbonyl (C=O) groups is 1. The van der Waals surface area contributed by atoms with Crippen LogP contribution in [0.4, 0.5) is 4.39 Å². The topological polar surface area (TPSA) is 63.5 Å². The molecule has 0 saturated carbocycles. The average molecular weight is 549 g/mol. The van der Waals surface area contributed by atoms with Crippen LogP contribution in [-0.2, 0) is 6.42 Å². The Bertz CT molecular complexity index is 1240. The summed E-state index contributed by atoms with van der Waals surface area (Å²) in [6, 6.07) is 4.40. The van der Waals surface area contributed by atoms with Gasteiger partial charge in [-0.25, -0.2) is 9.38 Å². The molecule has 1 atom stereocenters. The van der Waals surface area contributed by atoms with Crippen molar-refractivity contribution in [3.8, 4) is 0 Å². The van der Waals surface area contributed by atoms with Crippen LogP contribution in [0, 0.1) is 5.82 Å². The molecule has 0 aromatic heterocycles. The average Bonchev–Trinajstić information content (AvgIpc) is 2.92. The zero-order chi connectivity index (χ0) is 28.8. The van der Waals surface area contributed by atoms with Gasteiger partial charge in [-0.05, 0) is 83.1 Å². The number of hydrogen-bond donors (Lipinski definition) is 1. The van der Waals surface area contributed by atoms with E-state index in [-0.39, 0.29) is 11.9 Å². The van der Waals surface area contributed by atoms with Crippen LogP contribution in [0.1, 0.15) is 68.8 Å². The number of amidine groups is 1. The standard InChI is InChI=1S/C32H45FN6O/c1-22-11-12-26-13-14-27(33)21-28(26)32(40)39-18-8-7-10-30(39)29(34-5)20-23(2)36-31(38-16-9-17-38)24(3)25(4)37(6)19-15-35-22/h13-14,20-21,30,35H,1,7-12,15-19H2,2-6H3/b23-20+,25-24+,34-29+,36-31+. The van der Waals surface area contributed by atoms with Gasteiger partial charge in [0.2, 0.25) is 0 Å². The molecule has 1 aromatic rings. The monoisotopic (exact) mass is 548 g/mol. The number of allylic oxidation sites excluding steroid dienone is 3. The zero-order valence-electron chi connectivity index (χ0n) is 24.9. The molecule has 1 N–H and O–H groups in total. The number of piperidine rings is 1. The molecule has 1 aromatic carbocycles. The summed E-state index contributed by atoms with van der Waals surface area (Å²) < 4.78 is 14.4. The molecule has 0 aliphatic carbocycles. The first-order valence-corrected chi connectivity index (χ1v) is 14.6. The Morgan fingerprint density at radius 3 is 2.55 bits per heavy atom. The molecule has 216 valence electrons. The molecule has 40 heavy (non-hydrogen) atoms. The van der Waals surface area contributed by atoms with Crippen LogP contribution in [0.5, 0.6) is 0 Å². The summed E-state index contributed by atoms with van der Waals surface area (Å²) in [6.07, 6.45) is 7.22. The van der Waals surface area contributed by atoms with Gasteiger partial charge in [0.05, 0.1) is 11.8 Å². The number of nitrogens with one attached hydrogen (secondary N) is 1. The van der Waals surface area contributed by atoms with Crippen molar-refractivity contribution in [2.45, 2.75) is 65.3 Å².